The molecule has 10 aliphatic heterocycles. The molecule has 12 rings (SSSR count). The summed E-state index contributed by atoms with van der Waals surface area (Å²) in [6.45, 7) is 24.2. The highest BCUT2D eigenvalue weighted by atomic mass is 35.5. The average Bonchev–Trinajstić information content (AvgIpc) is 1.76. The minimum absolute atomic E-state index is 0. The van der Waals surface area contributed by atoms with E-state index >= 15 is 0 Å². The number of nitrogens with zero attached hydrogens (tertiary/aromatic N) is 7. The van der Waals surface area contributed by atoms with Gasteiger partial charge in [0, 0.05) is 77.5 Å². The first kappa shape index (κ1) is 76.5. The SMILES string of the molecule is CC(C)(C)OC(=O)N1CC(=O)N[C@H]2CN(C(=O)OCc3ccccc3)C[C@@H]21.CC(C)(C)OC(=O)N1CC(=O)N[C@H]2CNC[C@@H]21.CN1C[C@@H]2NC(=O)CN(C(=O)OC(C)(C)C)[C@H]2C1.CN1C[C@@H]2NCC(=O)N[C@H]2C1.Cl.Cl.O=C1CN[C@H]2CN(C(=O)OCc3ccccc3)C[C@@H]2N1. The second kappa shape index (κ2) is 33.5. The number of carbonyl (C=O) groups is 10. The van der Waals surface area contributed by atoms with Gasteiger partial charge in [0.05, 0.1) is 61.4 Å². The van der Waals surface area contributed by atoms with Crippen molar-refractivity contribution in [2.24, 2.45) is 0 Å². The molecule has 10 amide bonds. The molecule has 10 saturated heterocycles. The Labute approximate surface area is 567 Å². The maximum atomic E-state index is 12.5. The molecule has 30 nitrogen and oxygen atoms in total. The van der Waals surface area contributed by atoms with Crippen molar-refractivity contribution in [1.29, 1.82) is 0 Å². The van der Waals surface area contributed by atoms with Crippen LogP contribution in [0, 0.1) is 0 Å². The number of nitrogens with one attached hydrogen (secondary N) is 8. The largest absolute Gasteiger partial charge is 0.445 e. The van der Waals surface area contributed by atoms with E-state index < -0.39 is 41.2 Å². The maximum Gasteiger partial charge on any atom is 0.411 e. The minimum atomic E-state index is -0.659. The van der Waals surface area contributed by atoms with Crippen molar-refractivity contribution < 1.29 is 71.6 Å². The van der Waals surface area contributed by atoms with Crippen LogP contribution in [0.3, 0.4) is 0 Å². The molecule has 0 unspecified atom stereocenters. The third-order valence-corrected chi connectivity index (χ3v) is 16.5. The summed E-state index contributed by atoms with van der Waals surface area (Å²) >= 11 is 0. The molecule has 0 bridgehead atoms. The lowest BCUT2D eigenvalue weighted by Gasteiger charge is -2.37. The van der Waals surface area contributed by atoms with Crippen molar-refractivity contribution in [1.82, 2.24) is 76.8 Å². The Morgan fingerprint density at radius 3 is 1.20 bits per heavy atom. The number of carbonyl (C=O) groups excluding carboxylic acids is 10. The maximum absolute atomic E-state index is 12.5. The van der Waals surface area contributed by atoms with E-state index in [2.05, 4.69) is 59.4 Å². The molecule has 10 fully saturated rings. The van der Waals surface area contributed by atoms with Gasteiger partial charge in [0.1, 0.15) is 49.7 Å². The van der Waals surface area contributed by atoms with Gasteiger partial charge in [-0.05, 0) is 87.5 Å². The van der Waals surface area contributed by atoms with Crippen LogP contribution in [0.4, 0.5) is 24.0 Å². The molecule has 0 saturated carbocycles. The fourth-order valence-electron chi connectivity index (χ4n) is 12.3. The van der Waals surface area contributed by atoms with Crippen LogP contribution in [0.25, 0.3) is 0 Å². The van der Waals surface area contributed by atoms with E-state index in [0.717, 1.165) is 37.3 Å². The second-order valence-electron chi connectivity index (χ2n) is 27.9. The Bertz CT molecular complexity index is 3000. The lowest BCUT2D eigenvalue weighted by Crippen LogP contribution is -2.62. The Morgan fingerprint density at radius 2 is 0.737 bits per heavy atom. The summed E-state index contributed by atoms with van der Waals surface area (Å²) in [7, 11) is 4.06. The van der Waals surface area contributed by atoms with Gasteiger partial charge in [-0.15, -0.1) is 24.8 Å². The molecule has 10 aliphatic rings. The van der Waals surface area contributed by atoms with Gasteiger partial charge in [-0.3, -0.25) is 38.7 Å². The van der Waals surface area contributed by atoms with Crippen molar-refractivity contribution in [3.8, 4) is 0 Å². The summed E-state index contributed by atoms with van der Waals surface area (Å²) in [5, 5.41) is 24.0. The van der Waals surface area contributed by atoms with Crippen LogP contribution in [0.15, 0.2) is 60.7 Å². The summed E-state index contributed by atoms with van der Waals surface area (Å²) in [6.07, 6.45) is -2.16. The van der Waals surface area contributed by atoms with Crippen LogP contribution in [-0.4, -0.2) is 284 Å². The number of piperazine rings is 5. The predicted molar refractivity (Wildman–Crippen MR) is 352 cm³/mol. The van der Waals surface area contributed by atoms with E-state index in [1.165, 1.54) is 14.7 Å². The third-order valence-electron chi connectivity index (χ3n) is 16.5. The summed E-state index contributed by atoms with van der Waals surface area (Å²) in [6, 6.07) is 19.3. The fraction of sp³-hybridized carbons (Fsp3) is 0.651. The normalized spacial score (nSPS) is 26.6. The standard InChI is InChI=1S/C19H25N3O5.C14H17N3O3.C12H21N3O3.C11H19N3O3.C7H13N3O.2ClH/c1-19(2,3)27-18(25)22-11-16(23)20-14-9-21(10-15(14)22)17(24)26-12-13-7-5-4-6-8-13;18-13-6-15-11-7-17(8-12(11)16-13)14(19)20-9-10-4-2-1-3-5-10;1-12(2,3)18-11(17)15-7-10(16)13-8-5-14(4)6-9(8)15;1-11(2,3)17-10(16)14-6-9(15)13-7-4-12-5-8(7)14;1-10-3-5-6(4-10)9-7(11)2-8-5;;/h4-8,14-15H,9-12H2,1-3H3,(H,20,23);1-5,11-12,15H,6-9H2,(H,16,18);8-9H,5-7H2,1-4H3,(H,13,16);7-8,12H,4-6H2,1-3H3,(H,13,15);5-6,8H,2-4H2,1H3,(H,9,11);2*1H/t14-,15-;11-,12-;8-,9-;7-,8-;5-,6-;;/m00000../s1. The quantitative estimate of drug-likeness (QED) is 0.196. The first-order chi connectivity index (χ1) is 43.8. The van der Waals surface area contributed by atoms with E-state index in [9.17, 15) is 47.9 Å². The van der Waals surface area contributed by atoms with Gasteiger partial charge in [0.25, 0.3) is 0 Å². The number of likely N-dealkylation sites (N-methyl/N-ethyl adjacent to an activating group) is 2. The highest BCUT2D eigenvalue weighted by Gasteiger charge is 2.48. The van der Waals surface area contributed by atoms with Gasteiger partial charge >= 0.3 is 30.5 Å². The van der Waals surface area contributed by atoms with Crippen LogP contribution in [0.2, 0.25) is 0 Å². The van der Waals surface area contributed by atoms with Crippen LogP contribution in [0.1, 0.15) is 73.4 Å². The monoisotopic (exact) mass is 1370 g/mol. The number of benzene rings is 2. The molecule has 2 aromatic rings. The van der Waals surface area contributed by atoms with Crippen LogP contribution >= 0.6 is 24.8 Å². The van der Waals surface area contributed by atoms with E-state index in [-0.39, 0.29) is 148 Å². The molecule has 528 valence electrons. The minimum Gasteiger partial charge on any atom is -0.445 e. The topological polar surface area (TPSA) is 336 Å². The number of fused-ring (bicyclic) bond motifs is 5. The highest BCUT2D eigenvalue weighted by molar-refractivity contribution is 5.87. The molecule has 95 heavy (non-hydrogen) atoms. The first-order valence-electron chi connectivity index (χ1n) is 31.7. The molecule has 2 aromatic carbocycles. The van der Waals surface area contributed by atoms with Crippen molar-refractivity contribution in [3.05, 3.63) is 71.8 Å². The number of rotatable bonds is 4. The molecule has 0 aromatic heterocycles. The smallest absolute Gasteiger partial charge is 0.411 e. The highest BCUT2D eigenvalue weighted by Crippen LogP contribution is 2.25. The predicted octanol–water partition coefficient (Wildman–Crippen LogP) is 0.800. The first-order valence-corrected chi connectivity index (χ1v) is 31.7. The van der Waals surface area contributed by atoms with E-state index in [1.54, 1.807) is 30.6 Å². The van der Waals surface area contributed by atoms with Crippen molar-refractivity contribution in [2.45, 2.75) is 153 Å². The summed E-state index contributed by atoms with van der Waals surface area (Å²) in [4.78, 5) is 130. The molecular weight excluding hydrogens is 1280 g/mol. The number of halogens is 2. The summed E-state index contributed by atoms with van der Waals surface area (Å²) in [5.74, 6) is -0.396. The van der Waals surface area contributed by atoms with Gasteiger partial charge < -0.3 is 85.8 Å². The number of amides is 10. The van der Waals surface area contributed by atoms with Gasteiger partial charge in [-0.25, -0.2) is 24.0 Å². The second-order valence-corrected chi connectivity index (χ2v) is 27.9. The van der Waals surface area contributed by atoms with Crippen molar-refractivity contribution >= 4 is 84.8 Å². The molecule has 8 N–H and O–H groups in total. The molecule has 10 heterocycles. The van der Waals surface area contributed by atoms with Crippen molar-refractivity contribution in [2.75, 3.05) is 112 Å². The zero-order chi connectivity index (χ0) is 67.5. The lowest BCUT2D eigenvalue weighted by atomic mass is 10.1. The lowest BCUT2D eigenvalue weighted by molar-refractivity contribution is -0.127. The molecule has 0 aliphatic carbocycles. The molecular formula is C63H97Cl2N15O15. The number of hydrogen-bond donors (Lipinski definition) is 8. The Morgan fingerprint density at radius 1 is 0.400 bits per heavy atom. The van der Waals surface area contributed by atoms with E-state index in [0.29, 0.717) is 57.9 Å². The average molecular weight is 1380 g/mol. The number of hydrogen-bond acceptors (Lipinski definition) is 20. The molecule has 0 radical (unpaired) electrons. The zero-order valence-electron chi connectivity index (χ0n) is 56.1. The Balaban J connectivity index is 0.000000191. The Hall–Kier alpha value is -7.48. The summed E-state index contributed by atoms with van der Waals surface area (Å²) in [5.41, 5.74) is 0.125. The van der Waals surface area contributed by atoms with Gasteiger partial charge in [-0.1, -0.05) is 60.7 Å². The molecule has 10 atom stereocenters. The summed E-state index contributed by atoms with van der Waals surface area (Å²) < 4.78 is 26.7. The van der Waals surface area contributed by atoms with Crippen molar-refractivity contribution in [3.63, 3.8) is 0 Å². The zero-order valence-corrected chi connectivity index (χ0v) is 57.8. The van der Waals surface area contributed by atoms with E-state index in [4.69, 9.17) is 23.7 Å². The number of likely N-dealkylation sites (tertiary alicyclic amines) is 4. The van der Waals surface area contributed by atoms with Gasteiger partial charge in [0.2, 0.25) is 29.5 Å². The Kier molecular flexibility index (Phi) is 27.0. The molecule has 32 heteroatoms. The van der Waals surface area contributed by atoms with Gasteiger partial charge in [-0.2, -0.15) is 0 Å². The fourth-order valence-corrected chi connectivity index (χ4v) is 12.3. The third kappa shape index (κ3) is 22.6. The van der Waals surface area contributed by atoms with Crippen LogP contribution in [-0.2, 0) is 60.9 Å². The number of ether oxygens (including phenoxy) is 5. The van der Waals surface area contributed by atoms with Crippen LogP contribution < -0.4 is 42.5 Å². The van der Waals surface area contributed by atoms with Crippen LogP contribution in [0.5, 0.6) is 0 Å². The van der Waals surface area contributed by atoms with Gasteiger partial charge in [0.15, 0.2) is 0 Å². The molecule has 0 spiro atoms. The van der Waals surface area contributed by atoms with E-state index in [1.807, 2.05) is 109 Å².